The van der Waals surface area contributed by atoms with Gasteiger partial charge in [0.2, 0.25) is 0 Å². The Balaban J connectivity index is 1.91. The fraction of sp³-hybridized carbons (Fsp3) is 0.280. The summed E-state index contributed by atoms with van der Waals surface area (Å²) in [5.41, 5.74) is 5.76. The summed E-state index contributed by atoms with van der Waals surface area (Å²) in [6.07, 6.45) is 1.02. The second-order valence-electron chi connectivity index (χ2n) is 7.42. The Morgan fingerprint density at radius 1 is 0.714 bits per heavy atom. The lowest BCUT2D eigenvalue weighted by Gasteiger charge is -2.27. The lowest BCUT2D eigenvalue weighted by Crippen LogP contribution is -2.16. The molecule has 0 aliphatic rings. The van der Waals surface area contributed by atoms with Crippen molar-refractivity contribution >= 4 is 17.1 Å². The minimum absolute atomic E-state index is 0.736. The Labute approximate surface area is 169 Å². The van der Waals surface area contributed by atoms with Crippen molar-refractivity contribution in [1.82, 2.24) is 4.90 Å². The van der Waals surface area contributed by atoms with Gasteiger partial charge in [-0.3, -0.25) is 0 Å². The Hall–Kier alpha value is -2.78. The molecule has 0 saturated carbocycles. The zero-order chi connectivity index (χ0) is 19.9. The monoisotopic (exact) mass is 374 g/mol. The standard InChI is InChI=1S/C25H30N2O/c1-20-18-24(19-21(2)25(20)28-17-11-16-26(3)4)27(22-12-7-5-8-13-22)23-14-9-6-10-15-23/h5-10,12-15,18-19H,11,16-17H2,1-4H3. The van der Waals surface area contributed by atoms with Gasteiger partial charge in [0.15, 0.2) is 0 Å². The highest BCUT2D eigenvalue weighted by Gasteiger charge is 2.15. The van der Waals surface area contributed by atoms with E-state index in [0.29, 0.717) is 0 Å². The van der Waals surface area contributed by atoms with Gasteiger partial charge in [0.1, 0.15) is 5.75 Å². The summed E-state index contributed by atoms with van der Waals surface area (Å²) in [7, 11) is 4.18. The van der Waals surface area contributed by atoms with E-state index in [2.05, 4.69) is 98.4 Å². The molecule has 3 heteroatoms. The molecule has 0 N–H and O–H groups in total. The Bertz CT molecular complexity index is 813. The molecule has 0 saturated heterocycles. The van der Waals surface area contributed by atoms with Crippen LogP contribution in [0, 0.1) is 13.8 Å². The van der Waals surface area contributed by atoms with Gasteiger partial charge in [0, 0.05) is 23.6 Å². The van der Waals surface area contributed by atoms with Crippen molar-refractivity contribution in [3.8, 4) is 5.75 Å². The molecule has 3 aromatic carbocycles. The van der Waals surface area contributed by atoms with Crippen molar-refractivity contribution in [2.45, 2.75) is 20.3 Å². The van der Waals surface area contributed by atoms with E-state index in [0.717, 1.165) is 53.5 Å². The first-order valence-electron chi connectivity index (χ1n) is 9.85. The smallest absolute Gasteiger partial charge is 0.125 e. The number of ether oxygens (including phenoxy) is 1. The Morgan fingerprint density at radius 2 is 1.21 bits per heavy atom. The molecular formula is C25H30N2O. The summed E-state index contributed by atoms with van der Waals surface area (Å²) in [4.78, 5) is 4.47. The molecule has 0 radical (unpaired) electrons. The molecule has 0 unspecified atom stereocenters. The van der Waals surface area contributed by atoms with Gasteiger partial charge in [-0.1, -0.05) is 36.4 Å². The molecule has 0 aliphatic carbocycles. The third-order valence-corrected chi connectivity index (χ3v) is 4.73. The van der Waals surface area contributed by atoms with Crippen LogP contribution in [0.3, 0.4) is 0 Å². The second-order valence-corrected chi connectivity index (χ2v) is 7.42. The molecule has 28 heavy (non-hydrogen) atoms. The van der Waals surface area contributed by atoms with E-state index in [1.165, 1.54) is 0 Å². The van der Waals surface area contributed by atoms with Gasteiger partial charge in [0.25, 0.3) is 0 Å². The highest BCUT2D eigenvalue weighted by atomic mass is 16.5. The van der Waals surface area contributed by atoms with E-state index in [9.17, 15) is 0 Å². The molecule has 0 fully saturated rings. The van der Waals surface area contributed by atoms with E-state index in [1.54, 1.807) is 0 Å². The highest BCUT2D eigenvalue weighted by Crippen LogP contribution is 2.37. The van der Waals surface area contributed by atoms with E-state index >= 15 is 0 Å². The fourth-order valence-electron chi connectivity index (χ4n) is 3.44. The quantitative estimate of drug-likeness (QED) is 0.443. The number of hydrogen-bond acceptors (Lipinski definition) is 3. The topological polar surface area (TPSA) is 15.7 Å². The first kappa shape index (κ1) is 20.0. The maximum absolute atomic E-state index is 6.12. The number of aryl methyl sites for hydroxylation is 2. The molecule has 0 aromatic heterocycles. The molecule has 0 heterocycles. The minimum atomic E-state index is 0.736. The number of anilines is 3. The normalized spacial score (nSPS) is 10.9. The summed E-state index contributed by atoms with van der Waals surface area (Å²) in [6.45, 7) is 6.03. The second kappa shape index (κ2) is 9.43. The Morgan fingerprint density at radius 3 is 1.68 bits per heavy atom. The van der Waals surface area contributed by atoms with Crippen LogP contribution >= 0.6 is 0 Å². The van der Waals surface area contributed by atoms with Crippen molar-refractivity contribution < 1.29 is 4.74 Å². The molecule has 0 spiro atoms. The molecule has 0 amide bonds. The van der Waals surface area contributed by atoms with Gasteiger partial charge in [-0.15, -0.1) is 0 Å². The van der Waals surface area contributed by atoms with Crippen LogP contribution in [0.1, 0.15) is 17.5 Å². The maximum Gasteiger partial charge on any atom is 0.125 e. The van der Waals surface area contributed by atoms with E-state index in [4.69, 9.17) is 4.74 Å². The molecule has 0 aliphatic heterocycles. The van der Waals surface area contributed by atoms with Gasteiger partial charge in [-0.25, -0.2) is 0 Å². The number of hydrogen-bond donors (Lipinski definition) is 0. The first-order valence-corrected chi connectivity index (χ1v) is 9.85. The van der Waals surface area contributed by atoms with Crippen LogP contribution in [-0.2, 0) is 0 Å². The summed E-state index contributed by atoms with van der Waals surface area (Å²) in [5.74, 6) is 1.00. The van der Waals surface area contributed by atoms with Crippen LogP contribution in [0.15, 0.2) is 72.8 Å². The lowest BCUT2D eigenvalue weighted by atomic mass is 10.1. The number of benzene rings is 3. The third kappa shape index (κ3) is 4.93. The molecule has 3 rings (SSSR count). The summed E-state index contributed by atoms with van der Waals surface area (Å²) < 4.78 is 6.12. The Kier molecular flexibility index (Phi) is 6.72. The number of rotatable bonds is 8. The zero-order valence-corrected chi connectivity index (χ0v) is 17.4. The molecule has 0 bridgehead atoms. The average molecular weight is 375 g/mol. The predicted octanol–water partition coefficient (Wildman–Crippen LogP) is 6.10. The fourth-order valence-corrected chi connectivity index (χ4v) is 3.44. The van der Waals surface area contributed by atoms with Crippen LogP contribution in [0.5, 0.6) is 5.75 Å². The predicted molar refractivity (Wildman–Crippen MR) is 119 cm³/mol. The SMILES string of the molecule is Cc1cc(N(c2ccccc2)c2ccccc2)cc(C)c1OCCCN(C)C. The van der Waals surface area contributed by atoms with Crippen LogP contribution in [0.2, 0.25) is 0 Å². The largest absolute Gasteiger partial charge is 0.493 e. The van der Waals surface area contributed by atoms with Crippen LogP contribution in [0.25, 0.3) is 0 Å². The highest BCUT2D eigenvalue weighted by molar-refractivity contribution is 5.77. The zero-order valence-electron chi connectivity index (χ0n) is 17.4. The first-order chi connectivity index (χ1) is 13.6. The van der Waals surface area contributed by atoms with Gasteiger partial charge < -0.3 is 14.5 Å². The maximum atomic E-state index is 6.12. The summed E-state index contributed by atoms with van der Waals surface area (Å²) >= 11 is 0. The van der Waals surface area contributed by atoms with Gasteiger partial charge >= 0.3 is 0 Å². The van der Waals surface area contributed by atoms with Crippen molar-refractivity contribution in [3.63, 3.8) is 0 Å². The van der Waals surface area contributed by atoms with Crippen molar-refractivity contribution in [3.05, 3.63) is 83.9 Å². The van der Waals surface area contributed by atoms with Crippen LogP contribution in [0.4, 0.5) is 17.1 Å². The van der Waals surface area contributed by atoms with Gasteiger partial charge in [0.05, 0.1) is 6.61 Å². The van der Waals surface area contributed by atoms with E-state index < -0.39 is 0 Å². The minimum Gasteiger partial charge on any atom is -0.493 e. The van der Waals surface area contributed by atoms with Crippen LogP contribution in [-0.4, -0.2) is 32.1 Å². The molecule has 0 atom stereocenters. The van der Waals surface area contributed by atoms with Crippen molar-refractivity contribution in [2.24, 2.45) is 0 Å². The molecule has 3 nitrogen and oxygen atoms in total. The lowest BCUT2D eigenvalue weighted by molar-refractivity contribution is 0.279. The third-order valence-electron chi connectivity index (χ3n) is 4.73. The van der Waals surface area contributed by atoms with Gasteiger partial charge in [-0.2, -0.15) is 0 Å². The van der Waals surface area contributed by atoms with Crippen molar-refractivity contribution in [1.29, 1.82) is 0 Å². The van der Waals surface area contributed by atoms with E-state index in [1.807, 2.05) is 12.1 Å². The van der Waals surface area contributed by atoms with Crippen LogP contribution < -0.4 is 9.64 Å². The molecule has 3 aromatic rings. The number of nitrogens with zero attached hydrogens (tertiary/aromatic N) is 2. The molecule has 146 valence electrons. The van der Waals surface area contributed by atoms with Gasteiger partial charge in [-0.05, 0) is 81.9 Å². The summed E-state index contributed by atoms with van der Waals surface area (Å²) in [5, 5.41) is 0. The number of para-hydroxylation sites is 2. The molecular weight excluding hydrogens is 344 g/mol. The average Bonchev–Trinajstić information content (AvgIpc) is 2.68. The summed E-state index contributed by atoms with van der Waals surface area (Å²) in [6, 6.07) is 25.4. The van der Waals surface area contributed by atoms with E-state index in [-0.39, 0.29) is 0 Å². The van der Waals surface area contributed by atoms with Crippen molar-refractivity contribution in [2.75, 3.05) is 32.1 Å².